The van der Waals surface area contributed by atoms with Crippen molar-refractivity contribution in [1.82, 2.24) is 15.3 Å². The van der Waals surface area contributed by atoms with E-state index in [4.69, 9.17) is 21.3 Å². The van der Waals surface area contributed by atoms with Crippen molar-refractivity contribution < 1.29 is 9.53 Å². The van der Waals surface area contributed by atoms with E-state index in [0.29, 0.717) is 29.2 Å². The second kappa shape index (κ2) is 10.4. The summed E-state index contributed by atoms with van der Waals surface area (Å²) >= 11 is 6.43. The molecule has 2 aliphatic heterocycles. The van der Waals surface area contributed by atoms with Crippen molar-refractivity contribution in [3.05, 3.63) is 35.5 Å². The van der Waals surface area contributed by atoms with Gasteiger partial charge in [-0.1, -0.05) is 24.6 Å². The van der Waals surface area contributed by atoms with E-state index in [9.17, 15) is 4.79 Å². The lowest BCUT2D eigenvalue weighted by atomic mass is 9.91. The summed E-state index contributed by atoms with van der Waals surface area (Å²) in [5.41, 5.74) is 1.49. The summed E-state index contributed by atoms with van der Waals surface area (Å²) in [7, 11) is 0. The van der Waals surface area contributed by atoms with Gasteiger partial charge in [-0.25, -0.2) is 9.97 Å². The second-order valence-corrected chi connectivity index (χ2v) is 8.99. The van der Waals surface area contributed by atoms with Crippen LogP contribution in [0.1, 0.15) is 26.2 Å². The lowest BCUT2D eigenvalue weighted by Crippen LogP contribution is -2.41. The maximum absolute atomic E-state index is 12.7. The molecule has 3 N–H and O–H groups in total. The van der Waals surface area contributed by atoms with Crippen molar-refractivity contribution in [3.63, 3.8) is 0 Å². The molecular weight excluding hydrogens is 414 g/mol. The highest BCUT2D eigenvalue weighted by molar-refractivity contribution is 6.33. The van der Waals surface area contributed by atoms with Gasteiger partial charge in [-0.15, -0.1) is 0 Å². The quantitative estimate of drug-likeness (QED) is 0.629. The van der Waals surface area contributed by atoms with Gasteiger partial charge in [0.25, 0.3) is 0 Å². The van der Waals surface area contributed by atoms with Gasteiger partial charge < -0.3 is 20.7 Å². The Morgan fingerprint density at radius 2 is 2.10 bits per heavy atom. The number of hydrogen-bond acceptors (Lipinski definition) is 6. The molecule has 0 aromatic carbocycles. The van der Waals surface area contributed by atoms with Crippen molar-refractivity contribution >= 4 is 29.1 Å². The Hall–Kier alpha value is -2.22. The van der Waals surface area contributed by atoms with Crippen LogP contribution in [-0.4, -0.2) is 48.7 Å². The molecule has 2 fully saturated rings. The molecule has 2 aromatic rings. The first-order valence-corrected chi connectivity index (χ1v) is 11.4. The average Bonchev–Trinajstić information content (AvgIpc) is 2.80. The van der Waals surface area contributed by atoms with Crippen LogP contribution >= 0.6 is 11.6 Å². The van der Waals surface area contributed by atoms with Gasteiger partial charge in [0.1, 0.15) is 11.6 Å². The molecule has 0 saturated carbocycles. The van der Waals surface area contributed by atoms with Crippen molar-refractivity contribution in [2.45, 2.75) is 26.2 Å². The fourth-order valence-electron chi connectivity index (χ4n) is 4.17. The first-order valence-electron chi connectivity index (χ1n) is 11.0. The first kappa shape index (κ1) is 22.0. The molecule has 166 valence electrons. The molecule has 0 radical (unpaired) electrons. The molecule has 2 saturated heterocycles. The molecule has 2 aromatic heterocycles. The summed E-state index contributed by atoms with van der Waals surface area (Å²) in [6, 6.07) is 7.63. The molecule has 31 heavy (non-hydrogen) atoms. The van der Waals surface area contributed by atoms with Gasteiger partial charge in [0.05, 0.1) is 16.6 Å². The fraction of sp³-hybridized carbons (Fsp3) is 0.522. The van der Waals surface area contributed by atoms with Gasteiger partial charge in [0, 0.05) is 38.1 Å². The van der Waals surface area contributed by atoms with Crippen LogP contribution in [0.2, 0.25) is 5.02 Å². The van der Waals surface area contributed by atoms with E-state index in [1.807, 2.05) is 18.2 Å². The molecule has 7 nitrogen and oxygen atoms in total. The third kappa shape index (κ3) is 5.93. The van der Waals surface area contributed by atoms with Gasteiger partial charge in [-0.3, -0.25) is 4.79 Å². The SMILES string of the molecule is CC1CNCC(C(=O)Nc2cc(-c3cccc(NCC4CCOCC4)n3)c(Cl)cn2)C1. The van der Waals surface area contributed by atoms with Crippen molar-refractivity contribution in [3.8, 4) is 11.3 Å². The molecule has 4 heterocycles. The molecule has 0 bridgehead atoms. The molecule has 2 aliphatic rings. The largest absolute Gasteiger partial charge is 0.381 e. The molecule has 8 heteroatoms. The number of nitrogens with one attached hydrogen (secondary N) is 3. The van der Waals surface area contributed by atoms with Crippen LogP contribution in [0.25, 0.3) is 11.3 Å². The monoisotopic (exact) mass is 443 g/mol. The van der Waals surface area contributed by atoms with E-state index in [1.54, 1.807) is 12.3 Å². The summed E-state index contributed by atoms with van der Waals surface area (Å²) in [6.07, 6.45) is 4.59. The Bertz CT molecular complexity index is 903. The van der Waals surface area contributed by atoms with Gasteiger partial charge in [-0.2, -0.15) is 0 Å². The Morgan fingerprint density at radius 1 is 1.26 bits per heavy atom. The predicted molar refractivity (Wildman–Crippen MR) is 123 cm³/mol. The summed E-state index contributed by atoms with van der Waals surface area (Å²) in [5.74, 6) is 2.32. The van der Waals surface area contributed by atoms with E-state index in [-0.39, 0.29) is 11.8 Å². The summed E-state index contributed by atoms with van der Waals surface area (Å²) in [5, 5.41) is 10.2. The van der Waals surface area contributed by atoms with Crippen LogP contribution in [0.4, 0.5) is 11.6 Å². The molecule has 4 rings (SSSR count). The number of ether oxygens (including phenoxy) is 1. The number of pyridine rings is 2. The normalized spacial score (nSPS) is 22.1. The minimum absolute atomic E-state index is 0.0142. The van der Waals surface area contributed by atoms with E-state index >= 15 is 0 Å². The van der Waals surface area contributed by atoms with Gasteiger partial charge in [0.2, 0.25) is 5.91 Å². The van der Waals surface area contributed by atoms with Crippen LogP contribution in [-0.2, 0) is 9.53 Å². The number of halogens is 1. The minimum Gasteiger partial charge on any atom is -0.381 e. The third-order valence-corrected chi connectivity index (χ3v) is 6.29. The maximum atomic E-state index is 12.7. The van der Waals surface area contributed by atoms with E-state index in [2.05, 4.69) is 27.9 Å². The van der Waals surface area contributed by atoms with Crippen LogP contribution < -0.4 is 16.0 Å². The van der Waals surface area contributed by atoms with E-state index in [0.717, 1.165) is 62.6 Å². The number of rotatable bonds is 6. The van der Waals surface area contributed by atoms with E-state index < -0.39 is 0 Å². The Balaban J connectivity index is 1.44. The second-order valence-electron chi connectivity index (χ2n) is 8.58. The topological polar surface area (TPSA) is 88.2 Å². The molecule has 2 atom stereocenters. The zero-order valence-electron chi connectivity index (χ0n) is 17.9. The lowest BCUT2D eigenvalue weighted by Gasteiger charge is -2.26. The zero-order chi connectivity index (χ0) is 21.6. The fourth-order valence-corrected chi connectivity index (χ4v) is 4.37. The molecule has 1 amide bonds. The summed E-state index contributed by atoms with van der Waals surface area (Å²) in [4.78, 5) is 21.7. The van der Waals surface area contributed by atoms with Crippen molar-refractivity contribution in [2.24, 2.45) is 17.8 Å². The number of carbonyl (C=O) groups excluding carboxylic acids is 1. The van der Waals surface area contributed by atoms with Crippen LogP contribution in [0.5, 0.6) is 0 Å². The van der Waals surface area contributed by atoms with Gasteiger partial charge in [-0.05, 0) is 55.8 Å². The smallest absolute Gasteiger partial charge is 0.229 e. The Kier molecular flexibility index (Phi) is 7.37. The maximum Gasteiger partial charge on any atom is 0.229 e. The van der Waals surface area contributed by atoms with Gasteiger partial charge in [0.15, 0.2) is 0 Å². The average molecular weight is 444 g/mol. The Labute approximate surface area is 188 Å². The molecule has 0 aliphatic carbocycles. The lowest BCUT2D eigenvalue weighted by molar-refractivity contribution is -0.120. The number of aromatic nitrogens is 2. The number of piperidine rings is 1. The number of hydrogen-bond donors (Lipinski definition) is 3. The molecule has 0 spiro atoms. The van der Waals surface area contributed by atoms with Crippen LogP contribution in [0.15, 0.2) is 30.5 Å². The highest BCUT2D eigenvalue weighted by atomic mass is 35.5. The van der Waals surface area contributed by atoms with Gasteiger partial charge >= 0.3 is 0 Å². The molecule has 2 unspecified atom stereocenters. The minimum atomic E-state index is -0.0551. The third-order valence-electron chi connectivity index (χ3n) is 5.99. The highest BCUT2D eigenvalue weighted by Crippen LogP contribution is 2.29. The number of anilines is 2. The first-order chi connectivity index (χ1) is 15.1. The predicted octanol–water partition coefficient (Wildman–Crippen LogP) is 3.82. The standard InChI is InChI=1S/C23H30ClN5O2/c1-15-9-17(13-25-11-15)23(30)29-22-10-18(19(24)14-27-22)20-3-2-4-21(28-20)26-12-16-5-7-31-8-6-16/h2-4,10,14-17,25H,5-9,11-13H2,1H3,(H,26,28)(H,27,29,30). The van der Waals surface area contributed by atoms with Crippen LogP contribution in [0.3, 0.4) is 0 Å². The van der Waals surface area contributed by atoms with Crippen molar-refractivity contribution in [2.75, 3.05) is 43.5 Å². The zero-order valence-corrected chi connectivity index (χ0v) is 18.6. The Morgan fingerprint density at radius 3 is 2.90 bits per heavy atom. The molecular formula is C23H30ClN5O2. The number of amides is 1. The summed E-state index contributed by atoms with van der Waals surface area (Å²) in [6.45, 7) is 6.34. The number of nitrogens with zero attached hydrogens (tertiary/aromatic N) is 2. The summed E-state index contributed by atoms with van der Waals surface area (Å²) < 4.78 is 5.43. The highest BCUT2D eigenvalue weighted by Gasteiger charge is 2.25. The van der Waals surface area contributed by atoms with E-state index in [1.165, 1.54) is 0 Å². The van der Waals surface area contributed by atoms with Crippen LogP contribution in [0, 0.1) is 17.8 Å². The number of carbonyl (C=O) groups is 1. The van der Waals surface area contributed by atoms with Crippen molar-refractivity contribution in [1.29, 1.82) is 0 Å².